The monoisotopic (exact) mass is 194 g/mol. The quantitative estimate of drug-likeness (QED) is 0.677. The van der Waals surface area contributed by atoms with Crippen LogP contribution in [0.5, 0.6) is 0 Å². The number of carboxylic acid groups (broad SMARTS) is 1. The third-order valence-corrected chi connectivity index (χ3v) is 2.50. The zero-order chi connectivity index (χ0) is 10.1. The molecule has 0 bridgehead atoms. The largest absolute Gasteiger partial charge is 0.481 e. The van der Waals surface area contributed by atoms with Gasteiger partial charge in [0.2, 0.25) is 0 Å². The lowest BCUT2D eigenvalue weighted by atomic mass is 9.98. The molecule has 2 rings (SSSR count). The van der Waals surface area contributed by atoms with E-state index in [1.54, 1.807) is 4.57 Å². The Balaban J connectivity index is 2.36. The molecule has 1 unspecified atom stereocenters. The zero-order valence-electron chi connectivity index (χ0n) is 7.51. The molecule has 1 atom stereocenters. The van der Waals surface area contributed by atoms with Crippen molar-refractivity contribution < 1.29 is 9.90 Å². The minimum atomic E-state index is -0.811. The summed E-state index contributed by atoms with van der Waals surface area (Å²) in [7, 11) is 0. The zero-order valence-corrected chi connectivity index (χ0v) is 7.51. The van der Waals surface area contributed by atoms with Gasteiger partial charge in [-0.1, -0.05) is 0 Å². The summed E-state index contributed by atoms with van der Waals surface area (Å²) in [6.45, 7) is 0.457. The van der Waals surface area contributed by atoms with Gasteiger partial charge in [0.05, 0.1) is 5.92 Å². The fourth-order valence-electron chi connectivity index (χ4n) is 1.69. The van der Waals surface area contributed by atoms with Crippen LogP contribution in [0.25, 0.3) is 0 Å². The number of rotatable bonds is 1. The number of hydrogen-bond acceptors (Lipinski definition) is 3. The highest BCUT2D eigenvalue weighted by Crippen LogP contribution is 2.16. The fraction of sp³-hybridized carbons (Fsp3) is 0.444. The van der Waals surface area contributed by atoms with Gasteiger partial charge in [0, 0.05) is 25.2 Å². The van der Waals surface area contributed by atoms with Crippen LogP contribution in [0.3, 0.4) is 0 Å². The Morgan fingerprint density at radius 2 is 2.43 bits per heavy atom. The maximum Gasteiger partial charge on any atom is 0.307 e. The van der Waals surface area contributed by atoms with Gasteiger partial charge in [0.15, 0.2) is 0 Å². The van der Waals surface area contributed by atoms with Crippen molar-refractivity contribution in [3.63, 3.8) is 0 Å². The van der Waals surface area contributed by atoms with E-state index >= 15 is 0 Å². The molecular weight excluding hydrogens is 184 g/mol. The minimum absolute atomic E-state index is 0.0983. The molecule has 14 heavy (non-hydrogen) atoms. The smallest absolute Gasteiger partial charge is 0.307 e. The highest BCUT2D eigenvalue weighted by molar-refractivity contribution is 5.70. The van der Waals surface area contributed by atoms with Crippen LogP contribution >= 0.6 is 0 Å². The van der Waals surface area contributed by atoms with Gasteiger partial charge >= 0.3 is 5.97 Å². The van der Waals surface area contributed by atoms with E-state index in [0.29, 0.717) is 25.2 Å². The molecule has 1 aliphatic heterocycles. The predicted molar refractivity (Wildman–Crippen MR) is 47.9 cm³/mol. The molecule has 0 amide bonds. The van der Waals surface area contributed by atoms with Crippen molar-refractivity contribution in [2.45, 2.75) is 19.4 Å². The SMILES string of the molecule is O=C(O)C1CCn2c(nccc2=O)C1. The molecule has 5 nitrogen and oxygen atoms in total. The van der Waals surface area contributed by atoms with Gasteiger partial charge < -0.3 is 5.11 Å². The van der Waals surface area contributed by atoms with Gasteiger partial charge in [-0.05, 0) is 6.42 Å². The summed E-state index contributed by atoms with van der Waals surface area (Å²) in [5.74, 6) is -0.630. The lowest BCUT2D eigenvalue weighted by Gasteiger charge is -2.21. The molecule has 0 saturated heterocycles. The van der Waals surface area contributed by atoms with Gasteiger partial charge in [0.25, 0.3) is 5.56 Å². The molecule has 0 fully saturated rings. The van der Waals surface area contributed by atoms with Gasteiger partial charge in [-0.25, -0.2) is 4.98 Å². The molecule has 1 aromatic rings. The first kappa shape index (κ1) is 8.93. The molecular formula is C9H10N2O3. The van der Waals surface area contributed by atoms with E-state index in [9.17, 15) is 9.59 Å². The van der Waals surface area contributed by atoms with Crippen molar-refractivity contribution in [2.75, 3.05) is 0 Å². The molecule has 0 spiro atoms. The van der Waals surface area contributed by atoms with Crippen molar-refractivity contribution >= 4 is 5.97 Å². The fourth-order valence-corrected chi connectivity index (χ4v) is 1.69. The van der Waals surface area contributed by atoms with Gasteiger partial charge in [0.1, 0.15) is 5.82 Å². The normalized spacial score (nSPS) is 20.1. The van der Waals surface area contributed by atoms with Crippen LogP contribution in [0.2, 0.25) is 0 Å². The summed E-state index contributed by atoms with van der Waals surface area (Å²) in [6, 6.07) is 1.39. The van der Waals surface area contributed by atoms with E-state index in [4.69, 9.17) is 5.11 Å². The highest BCUT2D eigenvalue weighted by atomic mass is 16.4. The molecule has 0 saturated carbocycles. The molecule has 5 heteroatoms. The molecule has 74 valence electrons. The van der Waals surface area contributed by atoms with Crippen molar-refractivity contribution in [2.24, 2.45) is 5.92 Å². The van der Waals surface area contributed by atoms with E-state index in [0.717, 1.165) is 0 Å². The second-order valence-corrected chi connectivity index (χ2v) is 3.38. The Hall–Kier alpha value is -1.65. The maximum atomic E-state index is 11.3. The lowest BCUT2D eigenvalue weighted by molar-refractivity contribution is -0.142. The number of aromatic nitrogens is 2. The minimum Gasteiger partial charge on any atom is -0.481 e. The van der Waals surface area contributed by atoms with Crippen LogP contribution in [0, 0.1) is 5.92 Å². The number of aliphatic carboxylic acids is 1. The summed E-state index contributed by atoms with van der Waals surface area (Å²) in [6.07, 6.45) is 2.29. The molecule has 1 aromatic heterocycles. The van der Waals surface area contributed by atoms with E-state index in [-0.39, 0.29) is 5.56 Å². The first-order valence-electron chi connectivity index (χ1n) is 4.46. The van der Waals surface area contributed by atoms with Crippen molar-refractivity contribution in [1.29, 1.82) is 0 Å². The van der Waals surface area contributed by atoms with Crippen LogP contribution in [0.1, 0.15) is 12.2 Å². The summed E-state index contributed by atoms with van der Waals surface area (Å²) in [4.78, 5) is 26.1. The lowest BCUT2D eigenvalue weighted by Crippen LogP contribution is -2.33. The molecule has 0 radical (unpaired) electrons. The Bertz CT molecular complexity index is 424. The van der Waals surface area contributed by atoms with Crippen LogP contribution in [0.15, 0.2) is 17.1 Å². The molecule has 2 heterocycles. The van der Waals surface area contributed by atoms with Crippen molar-refractivity contribution in [3.05, 3.63) is 28.4 Å². The number of carbonyl (C=O) groups is 1. The van der Waals surface area contributed by atoms with E-state index in [2.05, 4.69) is 4.98 Å². The first-order chi connectivity index (χ1) is 6.68. The van der Waals surface area contributed by atoms with Crippen molar-refractivity contribution in [1.82, 2.24) is 9.55 Å². The first-order valence-corrected chi connectivity index (χ1v) is 4.46. The van der Waals surface area contributed by atoms with Crippen LogP contribution in [0.4, 0.5) is 0 Å². The van der Waals surface area contributed by atoms with E-state index in [1.807, 2.05) is 0 Å². The highest BCUT2D eigenvalue weighted by Gasteiger charge is 2.25. The number of carboxylic acids is 1. The topological polar surface area (TPSA) is 72.2 Å². The van der Waals surface area contributed by atoms with Crippen molar-refractivity contribution in [3.8, 4) is 0 Å². The second kappa shape index (κ2) is 3.25. The average Bonchev–Trinajstić information content (AvgIpc) is 2.17. The predicted octanol–water partition coefficient (Wildman–Crippen LogP) is -0.110. The third kappa shape index (κ3) is 1.41. The Morgan fingerprint density at radius 1 is 1.64 bits per heavy atom. The Labute approximate surface area is 80.0 Å². The van der Waals surface area contributed by atoms with Gasteiger partial charge in [-0.15, -0.1) is 0 Å². The number of nitrogens with zero attached hydrogens (tertiary/aromatic N) is 2. The third-order valence-electron chi connectivity index (χ3n) is 2.50. The molecule has 0 aromatic carbocycles. The number of hydrogen-bond donors (Lipinski definition) is 1. The maximum absolute atomic E-state index is 11.3. The second-order valence-electron chi connectivity index (χ2n) is 3.38. The van der Waals surface area contributed by atoms with Gasteiger partial charge in [-0.3, -0.25) is 14.2 Å². The Kier molecular flexibility index (Phi) is 2.07. The number of fused-ring (bicyclic) bond motifs is 1. The standard InChI is InChI=1S/C9H10N2O3/c12-8-1-3-10-7-5-6(9(13)14)2-4-11(7)8/h1,3,6H,2,4-5H2,(H,13,14). The summed E-state index contributed by atoms with van der Waals surface area (Å²) >= 11 is 0. The summed E-state index contributed by atoms with van der Waals surface area (Å²) in [5, 5.41) is 8.82. The Morgan fingerprint density at radius 3 is 3.14 bits per heavy atom. The van der Waals surface area contributed by atoms with Crippen LogP contribution in [-0.4, -0.2) is 20.6 Å². The summed E-state index contributed by atoms with van der Waals surface area (Å²) in [5.41, 5.74) is -0.0983. The van der Waals surface area contributed by atoms with Crippen LogP contribution < -0.4 is 5.56 Å². The molecule has 0 aliphatic carbocycles. The average molecular weight is 194 g/mol. The van der Waals surface area contributed by atoms with Crippen LogP contribution in [-0.2, 0) is 17.8 Å². The molecule has 1 aliphatic rings. The molecule has 1 N–H and O–H groups in total. The van der Waals surface area contributed by atoms with E-state index < -0.39 is 11.9 Å². The summed E-state index contributed by atoms with van der Waals surface area (Å²) < 4.78 is 1.54. The van der Waals surface area contributed by atoms with E-state index in [1.165, 1.54) is 12.3 Å². The van der Waals surface area contributed by atoms with Gasteiger partial charge in [-0.2, -0.15) is 0 Å².